The number of para-hydroxylation sites is 2. The van der Waals surface area contributed by atoms with Crippen LogP contribution in [0, 0.1) is 11.6 Å². The predicted molar refractivity (Wildman–Crippen MR) is 84.1 cm³/mol. The monoisotopic (exact) mass is 327 g/mol. The number of aromatic amines is 1. The second-order valence-electron chi connectivity index (χ2n) is 5.42. The molecule has 1 N–H and O–H groups in total. The van der Waals surface area contributed by atoms with Crippen LogP contribution in [0.15, 0.2) is 47.3 Å². The van der Waals surface area contributed by atoms with Crippen LogP contribution in [0.1, 0.15) is 12.6 Å². The zero-order valence-electron chi connectivity index (χ0n) is 12.8. The maximum Gasteiger partial charge on any atom is 0.408 e. The molecule has 0 aliphatic heterocycles. The zero-order valence-corrected chi connectivity index (χ0v) is 12.8. The minimum absolute atomic E-state index is 0.216. The van der Waals surface area contributed by atoms with Crippen LogP contribution in [-0.2, 0) is 6.42 Å². The van der Waals surface area contributed by atoms with Crippen LogP contribution in [0.25, 0.3) is 22.2 Å². The number of benzene rings is 2. The Morgan fingerprint density at radius 1 is 1.17 bits per heavy atom. The molecule has 0 saturated heterocycles. The fourth-order valence-electron chi connectivity index (χ4n) is 2.82. The van der Waals surface area contributed by atoms with Crippen molar-refractivity contribution in [3.8, 4) is 5.69 Å². The van der Waals surface area contributed by atoms with Gasteiger partial charge in [0, 0.05) is 6.07 Å². The van der Waals surface area contributed by atoms with Gasteiger partial charge in [-0.2, -0.15) is 0 Å². The van der Waals surface area contributed by atoms with E-state index < -0.39 is 11.6 Å². The summed E-state index contributed by atoms with van der Waals surface area (Å²) >= 11 is 0. The number of fused-ring (bicyclic) bond motifs is 3. The minimum Gasteiger partial charge on any atom is -0.244 e. The first kappa shape index (κ1) is 14.5. The quantitative estimate of drug-likeness (QED) is 0.574. The summed E-state index contributed by atoms with van der Waals surface area (Å²) in [5.41, 5.74) is 2.34. The third kappa shape index (κ3) is 2.01. The Labute approximate surface area is 134 Å². The lowest BCUT2D eigenvalue weighted by Crippen LogP contribution is -2.28. The average molecular weight is 327 g/mol. The molecular weight excluding hydrogens is 314 g/mol. The Morgan fingerprint density at radius 2 is 1.96 bits per heavy atom. The summed E-state index contributed by atoms with van der Waals surface area (Å²) in [6.45, 7) is 1.91. The van der Waals surface area contributed by atoms with Gasteiger partial charge in [0.2, 0.25) is 0 Å². The summed E-state index contributed by atoms with van der Waals surface area (Å²) in [7, 11) is 0. The molecule has 120 valence electrons. The Kier molecular flexibility index (Phi) is 3.16. The van der Waals surface area contributed by atoms with Crippen LogP contribution in [-0.4, -0.2) is 14.9 Å². The lowest BCUT2D eigenvalue weighted by Gasteiger charge is -1.98. The van der Waals surface area contributed by atoms with Gasteiger partial charge >= 0.3 is 5.56 Å². The second kappa shape index (κ2) is 5.23. The van der Waals surface area contributed by atoms with Gasteiger partial charge in [-0.1, -0.05) is 29.0 Å². The van der Waals surface area contributed by atoms with Crippen LogP contribution in [0.2, 0.25) is 0 Å². The summed E-state index contributed by atoms with van der Waals surface area (Å²) in [6, 6.07) is 10.7. The van der Waals surface area contributed by atoms with Crippen molar-refractivity contribution in [3.05, 3.63) is 70.1 Å². The molecule has 0 aliphatic rings. The van der Waals surface area contributed by atoms with Crippen molar-refractivity contribution in [3.63, 3.8) is 0 Å². The molecule has 4 aromatic rings. The fraction of sp³-hybridized carbons (Fsp3) is 0.118. The molecule has 0 amide bonds. The highest BCUT2D eigenvalue weighted by molar-refractivity contribution is 5.72. The van der Waals surface area contributed by atoms with E-state index in [0.29, 0.717) is 17.6 Å². The van der Waals surface area contributed by atoms with Crippen LogP contribution in [0.4, 0.5) is 8.78 Å². The Hall–Kier alpha value is -3.09. The number of nitrogens with one attached hydrogen (secondary N) is 1. The molecule has 0 unspecified atom stereocenters. The largest absolute Gasteiger partial charge is 0.408 e. The maximum absolute atomic E-state index is 13.5. The van der Waals surface area contributed by atoms with E-state index in [1.54, 1.807) is 4.52 Å². The molecular formula is C17H13F2N4O+. The predicted octanol–water partition coefficient (Wildman–Crippen LogP) is 2.29. The first-order valence-corrected chi connectivity index (χ1v) is 7.50. The highest BCUT2D eigenvalue weighted by atomic mass is 19.2. The van der Waals surface area contributed by atoms with E-state index in [9.17, 15) is 13.6 Å². The second-order valence-corrected chi connectivity index (χ2v) is 5.42. The van der Waals surface area contributed by atoms with Gasteiger partial charge in [-0.15, -0.1) is 4.52 Å². The number of hydrogen-bond acceptors (Lipinski definition) is 2. The van der Waals surface area contributed by atoms with E-state index in [1.165, 1.54) is 10.7 Å². The standard InChI is InChI=1S/C17H12F2N4O/c1-2-13-16-17(24)22(10-7-8-11(18)12(19)9-10)21-23(16)15-6-4-3-5-14(15)20-13/h3-9H,2H2,1H3/p+1. The minimum atomic E-state index is -1.01. The number of rotatable bonds is 2. The maximum atomic E-state index is 13.5. The van der Waals surface area contributed by atoms with Crippen LogP contribution in [0.3, 0.4) is 0 Å². The van der Waals surface area contributed by atoms with E-state index in [0.717, 1.165) is 23.2 Å². The van der Waals surface area contributed by atoms with Gasteiger partial charge in [0.25, 0.3) is 5.52 Å². The topological polar surface area (TPSA) is 54.8 Å². The number of aromatic nitrogens is 4. The molecule has 0 bridgehead atoms. The van der Waals surface area contributed by atoms with Crippen molar-refractivity contribution >= 4 is 16.6 Å². The number of halogens is 2. The molecule has 2 aromatic heterocycles. The number of hydrogen-bond donors (Lipinski definition) is 1. The lowest BCUT2D eigenvalue weighted by molar-refractivity contribution is -0.556. The molecule has 0 saturated carbocycles. The fourth-order valence-corrected chi connectivity index (χ4v) is 2.82. The molecule has 0 radical (unpaired) electrons. The smallest absolute Gasteiger partial charge is 0.244 e. The molecule has 0 fully saturated rings. The molecule has 0 spiro atoms. The van der Waals surface area contributed by atoms with Crippen molar-refractivity contribution < 1.29 is 13.3 Å². The first-order valence-electron chi connectivity index (χ1n) is 7.50. The van der Waals surface area contributed by atoms with Gasteiger partial charge in [0.1, 0.15) is 5.52 Å². The van der Waals surface area contributed by atoms with Crippen LogP contribution >= 0.6 is 0 Å². The summed E-state index contributed by atoms with van der Waals surface area (Å²) in [5.74, 6) is -1.97. The van der Waals surface area contributed by atoms with Gasteiger partial charge in [-0.25, -0.2) is 18.6 Å². The molecule has 5 nitrogen and oxygen atoms in total. The van der Waals surface area contributed by atoms with Gasteiger partial charge in [-0.3, -0.25) is 0 Å². The summed E-state index contributed by atoms with van der Waals surface area (Å²) < 4.78 is 29.5. The Bertz CT molecular complexity index is 1150. The van der Waals surface area contributed by atoms with E-state index in [-0.39, 0.29) is 11.2 Å². The van der Waals surface area contributed by atoms with Crippen LogP contribution in [0.5, 0.6) is 0 Å². The summed E-state index contributed by atoms with van der Waals surface area (Å²) in [4.78, 5) is 17.3. The molecule has 0 atom stereocenters. The van der Waals surface area contributed by atoms with Crippen molar-refractivity contribution in [2.24, 2.45) is 0 Å². The van der Waals surface area contributed by atoms with Crippen molar-refractivity contribution in [2.75, 3.05) is 0 Å². The molecule has 2 aromatic carbocycles. The van der Waals surface area contributed by atoms with Gasteiger partial charge in [-0.05, 0) is 30.7 Å². The van der Waals surface area contributed by atoms with Gasteiger partial charge < -0.3 is 0 Å². The summed E-state index contributed by atoms with van der Waals surface area (Å²) in [6.07, 6.45) is 0.569. The third-order valence-electron chi connectivity index (χ3n) is 3.98. The third-order valence-corrected chi connectivity index (χ3v) is 3.98. The molecule has 0 aliphatic carbocycles. The van der Waals surface area contributed by atoms with Crippen LogP contribution < -0.4 is 10.1 Å². The zero-order chi connectivity index (χ0) is 16.8. The summed E-state index contributed by atoms with van der Waals surface area (Å²) in [5, 5.41) is 2.94. The number of nitrogens with zero attached hydrogens (tertiary/aromatic N) is 3. The van der Waals surface area contributed by atoms with Crippen molar-refractivity contribution in [2.45, 2.75) is 13.3 Å². The molecule has 7 heteroatoms. The van der Waals surface area contributed by atoms with E-state index >= 15 is 0 Å². The van der Waals surface area contributed by atoms with E-state index in [4.69, 9.17) is 0 Å². The first-order chi connectivity index (χ1) is 11.6. The highest BCUT2D eigenvalue weighted by Crippen LogP contribution is 2.13. The van der Waals surface area contributed by atoms with E-state index in [2.05, 4.69) is 10.2 Å². The lowest BCUT2D eigenvalue weighted by atomic mass is 10.2. The number of H-pyrrole nitrogens is 1. The Balaban J connectivity index is 2.12. The van der Waals surface area contributed by atoms with Gasteiger partial charge in [0.05, 0.1) is 5.69 Å². The molecule has 2 heterocycles. The van der Waals surface area contributed by atoms with E-state index in [1.807, 2.05) is 31.2 Å². The normalized spacial score (nSPS) is 11.5. The van der Waals surface area contributed by atoms with Crippen molar-refractivity contribution in [1.82, 2.24) is 14.9 Å². The molecule has 4 rings (SSSR count). The molecule has 24 heavy (non-hydrogen) atoms. The van der Waals surface area contributed by atoms with Gasteiger partial charge in [0.15, 0.2) is 22.8 Å². The Morgan fingerprint density at radius 3 is 2.71 bits per heavy atom. The number of aryl methyl sites for hydroxylation is 1. The highest BCUT2D eigenvalue weighted by Gasteiger charge is 2.23. The average Bonchev–Trinajstić information content (AvgIpc) is 2.95. The van der Waals surface area contributed by atoms with Crippen molar-refractivity contribution in [1.29, 1.82) is 0 Å². The SMILES string of the molecule is CCc1nc2ccccc2[n+]2[nH]n(-c3ccc(F)c(F)c3)c(=O)c12.